The van der Waals surface area contributed by atoms with Gasteiger partial charge < -0.3 is 18.7 Å². The first kappa shape index (κ1) is 14.8. The molecule has 0 spiro atoms. The monoisotopic (exact) mass is 304 g/mol. The van der Waals surface area contributed by atoms with Crippen molar-refractivity contribution in [2.24, 2.45) is 7.05 Å². The molecule has 2 aromatic rings. The van der Waals surface area contributed by atoms with Crippen LogP contribution in [0.5, 0.6) is 0 Å². The zero-order valence-electron chi connectivity index (χ0n) is 13.1. The van der Waals surface area contributed by atoms with E-state index >= 15 is 0 Å². The second kappa shape index (κ2) is 5.92. The van der Waals surface area contributed by atoms with Gasteiger partial charge in [-0.2, -0.15) is 0 Å². The summed E-state index contributed by atoms with van der Waals surface area (Å²) in [6.45, 7) is 5.33. The number of rotatable bonds is 4. The first-order valence-corrected chi connectivity index (χ1v) is 7.41. The molecule has 3 heterocycles. The molecule has 0 aromatic carbocycles. The van der Waals surface area contributed by atoms with E-state index < -0.39 is 0 Å². The van der Waals surface area contributed by atoms with E-state index in [4.69, 9.17) is 9.26 Å². The molecule has 118 valence electrons. The Labute approximate surface area is 128 Å². The SMILES string of the molecule is CCOC[C@@H]1Cc2c(ncn2C)CN1C(=O)c1cc(C)no1. The molecule has 0 bridgehead atoms. The molecule has 0 N–H and O–H groups in total. The zero-order valence-corrected chi connectivity index (χ0v) is 13.1. The predicted octanol–water partition coefficient (Wildman–Crippen LogP) is 1.32. The summed E-state index contributed by atoms with van der Waals surface area (Å²) in [5.74, 6) is 0.0972. The standard InChI is InChI=1S/C15H20N4O3/c1-4-21-8-11-6-13-12(16-9-18(13)3)7-19(11)15(20)14-5-10(2)17-22-14/h5,9,11H,4,6-8H2,1-3H3/t11-/m0/s1. The molecule has 0 saturated carbocycles. The summed E-state index contributed by atoms with van der Waals surface area (Å²) in [7, 11) is 1.97. The minimum atomic E-state index is -0.165. The van der Waals surface area contributed by atoms with Crippen LogP contribution in [-0.2, 0) is 24.8 Å². The number of aryl methyl sites for hydroxylation is 2. The molecule has 1 aliphatic heterocycles. The molecule has 0 aliphatic carbocycles. The van der Waals surface area contributed by atoms with Gasteiger partial charge in [-0.15, -0.1) is 0 Å². The molecule has 7 heteroatoms. The van der Waals surface area contributed by atoms with Crippen LogP contribution in [0.15, 0.2) is 16.9 Å². The smallest absolute Gasteiger partial charge is 0.293 e. The maximum atomic E-state index is 12.7. The Morgan fingerprint density at radius 3 is 3.05 bits per heavy atom. The normalized spacial score (nSPS) is 17.6. The first-order valence-electron chi connectivity index (χ1n) is 7.41. The number of fused-ring (bicyclic) bond motifs is 1. The van der Waals surface area contributed by atoms with Crippen molar-refractivity contribution in [1.82, 2.24) is 19.6 Å². The molecule has 2 aromatic heterocycles. The van der Waals surface area contributed by atoms with E-state index in [1.54, 1.807) is 24.2 Å². The lowest BCUT2D eigenvalue weighted by Crippen LogP contribution is -2.47. The molecular weight excluding hydrogens is 284 g/mol. The van der Waals surface area contributed by atoms with Gasteiger partial charge in [-0.1, -0.05) is 5.16 Å². The van der Waals surface area contributed by atoms with Crippen LogP contribution >= 0.6 is 0 Å². The first-order chi connectivity index (χ1) is 10.6. The fourth-order valence-electron chi connectivity index (χ4n) is 2.77. The fraction of sp³-hybridized carbons (Fsp3) is 0.533. The van der Waals surface area contributed by atoms with Crippen molar-refractivity contribution in [3.05, 3.63) is 35.2 Å². The molecule has 0 fully saturated rings. The van der Waals surface area contributed by atoms with Crippen LogP contribution in [0.25, 0.3) is 0 Å². The van der Waals surface area contributed by atoms with Gasteiger partial charge in [0.05, 0.1) is 36.9 Å². The Kier molecular flexibility index (Phi) is 3.98. The van der Waals surface area contributed by atoms with Gasteiger partial charge in [-0.05, 0) is 13.8 Å². The van der Waals surface area contributed by atoms with Crippen molar-refractivity contribution in [2.75, 3.05) is 13.2 Å². The molecule has 7 nitrogen and oxygen atoms in total. The van der Waals surface area contributed by atoms with Crippen molar-refractivity contribution < 1.29 is 14.1 Å². The topological polar surface area (TPSA) is 73.4 Å². The van der Waals surface area contributed by atoms with Gasteiger partial charge in [-0.3, -0.25) is 4.79 Å². The summed E-state index contributed by atoms with van der Waals surface area (Å²) in [6, 6.07) is 1.63. The molecule has 22 heavy (non-hydrogen) atoms. The minimum absolute atomic E-state index is 0.0271. The van der Waals surface area contributed by atoms with E-state index in [1.165, 1.54) is 0 Å². The van der Waals surface area contributed by atoms with Gasteiger partial charge in [-0.25, -0.2) is 4.98 Å². The lowest BCUT2D eigenvalue weighted by Gasteiger charge is -2.34. The molecule has 0 radical (unpaired) electrons. The summed E-state index contributed by atoms with van der Waals surface area (Å²) in [4.78, 5) is 18.9. The third kappa shape index (κ3) is 2.64. The van der Waals surface area contributed by atoms with Gasteiger partial charge in [0.15, 0.2) is 0 Å². The Balaban J connectivity index is 1.87. The van der Waals surface area contributed by atoms with E-state index in [1.807, 2.05) is 18.5 Å². The van der Waals surface area contributed by atoms with Crippen molar-refractivity contribution in [2.45, 2.75) is 32.9 Å². The average Bonchev–Trinajstić information content (AvgIpc) is 3.10. The molecule has 1 amide bonds. The lowest BCUT2D eigenvalue weighted by molar-refractivity contribution is 0.0356. The summed E-state index contributed by atoms with van der Waals surface area (Å²) in [5, 5.41) is 3.79. The van der Waals surface area contributed by atoms with E-state index in [2.05, 4.69) is 10.1 Å². The Bertz CT molecular complexity index is 676. The van der Waals surface area contributed by atoms with E-state index in [-0.39, 0.29) is 17.7 Å². The average molecular weight is 304 g/mol. The number of nitrogens with zero attached hydrogens (tertiary/aromatic N) is 4. The second-order valence-electron chi connectivity index (χ2n) is 5.53. The van der Waals surface area contributed by atoms with Gasteiger partial charge in [0.1, 0.15) is 0 Å². The number of carbonyl (C=O) groups is 1. The van der Waals surface area contributed by atoms with Gasteiger partial charge in [0.2, 0.25) is 5.76 Å². The largest absolute Gasteiger partial charge is 0.380 e. The van der Waals surface area contributed by atoms with Crippen LogP contribution in [0.2, 0.25) is 0 Å². The minimum Gasteiger partial charge on any atom is -0.380 e. The highest BCUT2D eigenvalue weighted by Crippen LogP contribution is 2.24. The summed E-state index contributed by atoms with van der Waals surface area (Å²) in [6.07, 6.45) is 2.51. The molecule has 0 saturated heterocycles. The van der Waals surface area contributed by atoms with Gasteiger partial charge in [0, 0.05) is 31.8 Å². The molecule has 1 aliphatic rings. The van der Waals surface area contributed by atoms with E-state index in [0.29, 0.717) is 25.5 Å². The predicted molar refractivity (Wildman–Crippen MR) is 78.3 cm³/mol. The van der Waals surface area contributed by atoms with E-state index in [9.17, 15) is 4.79 Å². The third-order valence-electron chi connectivity index (χ3n) is 3.95. The van der Waals surface area contributed by atoms with Crippen molar-refractivity contribution >= 4 is 5.91 Å². The van der Waals surface area contributed by atoms with Crippen molar-refractivity contribution in [1.29, 1.82) is 0 Å². The van der Waals surface area contributed by atoms with Gasteiger partial charge >= 0.3 is 0 Å². The van der Waals surface area contributed by atoms with E-state index in [0.717, 1.165) is 17.8 Å². The molecule has 0 unspecified atom stereocenters. The third-order valence-corrected chi connectivity index (χ3v) is 3.95. The summed E-state index contributed by atoms with van der Waals surface area (Å²) in [5.41, 5.74) is 2.78. The molecule has 3 rings (SSSR count). The van der Waals surface area contributed by atoms with Crippen molar-refractivity contribution in [3.63, 3.8) is 0 Å². The molecule has 1 atom stereocenters. The quantitative estimate of drug-likeness (QED) is 0.851. The number of ether oxygens (including phenoxy) is 1. The highest BCUT2D eigenvalue weighted by atomic mass is 16.5. The van der Waals surface area contributed by atoms with Crippen LogP contribution in [0.3, 0.4) is 0 Å². The maximum absolute atomic E-state index is 12.7. The highest BCUT2D eigenvalue weighted by molar-refractivity contribution is 5.91. The number of carbonyl (C=O) groups excluding carboxylic acids is 1. The summed E-state index contributed by atoms with van der Waals surface area (Å²) >= 11 is 0. The summed E-state index contributed by atoms with van der Waals surface area (Å²) < 4.78 is 12.7. The van der Waals surface area contributed by atoms with Crippen LogP contribution in [0.1, 0.15) is 34.6 Å². The van der Waals surface area contributed by atoms with Crippen LogP contribution in [-0.4, -0.2) is 44.8 Å². The number of amides is 1. The Hall–Kier alpha value is -2.15. The van der Waals surface area contributed by atoms with Crippen molar-refractivity contribution in [3.8, 4) is 0 Å². The fourth-order valence-corrected chi connectivity index (χ4v) is 2.77. The number of aromatic nitrogens is 3. The highest BCUT2D eigenvalue weighted by Gasteiger charge is 2.34. The number of hydrogen-bond donors (Lipinski definition) is 0. The number of imidazole rings is 1. The van der Waals surface area contributed by atoms with Crippen LogP contribution in [0.4, 0.5) is 0 Å². The zero-order chi connectivity index (χ0) is 15.7. The maximum Gasteiger partial charge on any atom is 0.293 e. The lowest BCUT2D eigenvalue weighted by atomic mass is 10.0. The number of hydrogen-bond acceptors (Lipinski definition) is 5. The molecular formula is C15H20N4O3. The second-order valence-corrected chi connectivity index (χ2v) is 5.53. The van der Waals surface area contributed by atoms with Crippen LogP contribution in [0, 0.1) is 6.92 Å². The Morgan fingerprint density at radius 1 is 1.55 bits per heavy atom. The Morgan fingerprint density at radius 2 is 2.36 bits per heavy atom. The van der Waals surface area contributed by atoms with Crippen LogP contribution < -0.4 is 0 Å². The van der Waals surface area contributed by atoms with Gasteiger partial charge in [0.25, 0.3) is 5.91 Å².